The van der Waals surface area contributed by atoms with Crippen molar-refractivity contribution in [3.05, 3.63) is 107 Å². The molecule has 14 heteroatoms. The van der Waals surface area contributed by atoms with Crippen LogP contribution in [0.5, 0.6) is 23.0 Å². The summed E-state index contributed by atoms with van der Waals surface area (Å²) in [6.45, 7) is 1.20. The van der Waals surface area contributed by atoms with Gasteiger partial charge in [-0.2, -0.15) is 0 Å². The number of aldehydes is 1. The number of aliphatic hydroxyl groups is 1. The Balaban J connectivity index is 0.00000294. The molecule has 4 aromatic rings. The second-order valence-corrected chi connectivity index (χ2v) is 10.7. The average molecular weight is 667 g/mol. The smallest absolute Gasteiger partial charge is 0.230 e. The lowest BCUT2D eigenvalue weighted by Crippen LogP contribution is -2.31. The van der Waals surface area contributed by atoms with Crippen LogP contribution in [-0.2, 0) is 17.6 Å². The Morgan fingerprint density at radius 1 is 1.06 bits per heavy atom. The Hall–Kier alpha value is -5.02. The number of thiazole rings is 1. The van der Waals surface area contributed by atoms with Crippen LogP contribution < -0.4 is 36.4 Å². The zero-order valence-electron chi connectivity index (χ0n) is 26.1. The fourth-order valence-corrected chi connectivity index (χ4v) is 4.71. The fraction of sp³-hybridized carbons (Fsp3) is 0.242. The molecule has 0 aliphatic rings. The standard InChI is InChI=1S/C32H35FN6O5S.CH4O/c1-36-10-9-22-15-29(42-13-12-39(35)19-25(34)21-43-26-5-3-2-4-6-26)30(44-27-8-7-23(20-40)28(33)18-27)16-24(22)17-31(41)38-32-37-11-14-45-32;1-2/h2-8,11,14-16,18-20,36H,9-10,12-13,17,21,34-35H2,1H3,(H,37,38,41);2H,1H3/b25-19-;. The van der Waals surface area contributed by atoms with Crippen LogP contribution in [0.2, 0.25) is 0 Å². The zero-order valence-corrected chi connectivity index (χ0v) is 27.0. The van der Waals surface area contributed by atoms with Crippen LogP contribution in [0.4, 0.5) is 9.52 Å². The Kier molecular flexibility index (Phi) is 15.1. The quantitative estimate of drug-likeness (QED) is 0.0629. The molecule has 0 fully saturated rings. The Labute approximate surface area is 276 Å². The minimum Gasteiger partial charge on any atom is -0.488 e. The second kappa shape index (κ2) is 19.5. The van der Waals surface area contributed by atoms with Crippen LogP contribution in [0.15, 0.2) is 84.1 Å². The Bertz CT molecular complexity index is 1590. The molecule has 0 saturated carbocycles. The van der Waals surface area contributed by atoms with Gasteiger partial charge in [-0.3, -0.25) is 9.59 Å². The average Bonchev–Trinajstić information content (AvgIpc) is 3.58. The molecule has 1 heterocycles. The molecular formula is C33H39FN6O6S. The number of hydrazine groups is 1. The van der Waals surface area contributed by atoms with E-state index in [1.54, 1.807) is 29.9 Å². The molecule has 0 bridgehead atoms. The van der Waals surface area contributed by atoms with Gasteiger partial charge in [0.1, 0.15) is 30.5 Å². The largest absolute Gasteiger partial charge is 0.488 e. The highest BCUT2D eigenvalue weighted by Gasteiger charge is 2.17. The third-order valence-corrected chi connectivity index (χ3v) is 7.04. The fourth-order valence-electron chi connectivity index (χ4n) is 4.17. The molecule has 0 atom stereocenters. The van der Waals surface area contributed by atoms with Crippen LogP contribution in [-0.4, -0.2) is 67.8 Å². The van der Waals surface area contributed by atoms with Gasteiger partial charge in [-0.1, -0.05) is 18.2 Å². The summed E-state index contributed by atoms with van der Waals surface area (Å²) in [5.41, 5.74) is 7.95. The maximum atomic E-state index is 14.4. The summed E-state index contributed by atoms with van der Waals surface area (Å²) < 4.78 is 32.2. The number of nitrogens with zero attached hydrogens (tertiary/aromatic N) is 2. The van der Waals surface area contributed by atoms with Gasteiger partial charge in [-0.05, 0) is 67.5 Å². The SMILES string of the molecule is CNCCc1cc(OCCN(N)/C=C(\N)COc2ccccc2)c(Oc2ccc(C=O)c(F)c2)cc1CC(=O)Nc1nccs1.CO. The molecule has 250 valence electrons. The maximum absolute atomic E-state index is 14.4. The first-order valence-electron chi connectivity index (χ1n) is 14.5. The predicted molar refractivity (Wildman–Crippen MR) is 179 cm³/mol. The third kappa shape index (κ3) is 12.0. The molecule has 0 saturated heterocycles. The van der Waals surface area contributed by atoms with E-state index in [4.69, 9.17) is 30.9 Å². The molecule has 3 aromatic carbocycles. The minimum absolute atomic E-state index is 0.0411. The van der Waals surface area contributed by atoms with Gasteiger partial charge in [0.15, 0.2) is 22.9 Å². The zero-order chi connectivity index (χ0) is 34.0. The molecule has 7 N–H and O–H groups in total. The Morgan fingerprint density at radius 2 is 1.83 bits per heavy atom. The summed E-state index contributed by atoms with van der Waals surface area (Å²) in [5, 5.41) is 16.6. The molecule has 0 aliphatic heterocycles. The van der Waals surface area contributed by atoms with E-state index in [2.05, 4.69) is 15.6 Å². The van der Waals surface area contributed by atoms with E-state index in [9.17, 15) is 14.0 Å². The number of para-hydroxylation sites is 1. The van der Waals surface area contributed by atoms with E-state index in [0.717, 1.165) is 18.7 Å². The molecular weight excluding hydrogens is 627 g/mol. The van der Waals surface area contributed by atoms with Gasteiger partial charge in [0.05, 0.1) is 24.2 Å². The Morgan fingerprint density at radius 3 is 2.51 bits per heavy atom. The molecule has 12 nitrogen and oxygen atoms in total. The van der Waals surface area contributed by atoms with E-state index in [-0.39, 0.29) is 49.1 Å². The van der Waals surface area contributed by atoms with Crippen LogP contribution >= 0.6 is 11.3 Å². The number of aliphatic hydroxyl groups excluding tert-OH is 1. The van der Waals surface area contributed by atoms with Crippen molar-refractivity contribution in [1.82, 2.24) is 15.3 Å². The number of hydrogen-bond acceptors (Lipinski definition) is 12. The number of halogens is 1. The van der Waals surface area contributed by atoms with E-state index in [0.29, 0.717) is 47.1 Å². The van der Waals surface area contributed by atoms with E-state index < -0.39 is 5.82 Å². The van der Waals surface area contributed by atoms with Crippen LogP contribution in [0.3, 0.4) is 0 Å². The number of anilines is 1. The first-order chi connectivity index (χ1) is 22.8. The van der Waals surface area contributed by atoms with E-state index in [1.807, 2.05) is 37.4 Å². The number of carbonyl (C=O) groups excluding carboxylic acids is 2. The summed E-state index contributed by atoms with van der Waals surface area (Å²) in [6, 6.07) is 16.7. The van der Waals surface area contributed by atoms with Gasteiger partial charge >= 0.3 is 0 Å². The van der Waals surface area contributed by atoms with Crippen molar-refractivity contribution in [1.29, 1.82) is 0 Å². The van der Waals surface area contributed by atoms with Gasteiger partial charge in [0, 0.05) is 31.0 Å². The number of rotatable bonds is 17. The normalized spacial score (nSPS) is 10.8. The summed E-state index contributed by atoms with van der Waals surface area (Å²) in [4.78, 5) is 28.1. The number of nitrogens with one attached hydrogen (secondary N) is 2. The predicted octanol–water partition coefficient (Wildman–Crippen LogP) is 3.87. The van der Waals surface area contributed by atoms with E-state index in [1.165, 1.54) is 28.5 Å². The first-order valence-corrected chi connectivity index (χ1v) is 15.4. The van der Waals surface area contributed by atoms with Crippen molar-refractivity contribution in [3.63, 3.8) is 0 Å². The van der Waals surface area contributed by atoms with Crippen molar-refractivity contribution in [2.45, 2.75) is 12.8 Å². The minimum atomic E-state index is -0.724. The highest BCUT2D eigenvalue weighted by atomic mass is 32.1. The van der Waals surface area contributed by atoms with E-state index >= 15 is 0 Å². The van der Waals surface area contributed by atoms with Crippen molar-refractivity contribution < 1.29 is 33.3 Å². The lowest BCUT2D eigenvalue weighted by molar-refractivity contribution is -0.115. The van der Waals surface area contributed by atoms with Crippen molar-refractivity contribution in [2.75, 3.05) is 45.8 Å². The lowest BCUT2D eigenvalue weighted by Gasteiger charge is -2.20. The molecule has 4 rings (SSSR count). The summed E-state index contributed by atoms with van der Waals surface area (Å²) in [5.74, 6) is 6.61. The van der Waals surface area contributed by atoms with Gasteiger partial charge in [-0.15, -0.1) is 11.3 Å². The molecule has 0 radical (unpaired) electrons. The maximum Gasteiger partial charge on any atom is 0.230 e. The summed E-state index contributed by atoms with van der Waals surface area (Å²) in [7, 11) is 2.83. The molecule has 47 heavy (non-hydrogen) atoms. The number of aromatic nitrogens is 1. The van der Waals surface area contributed by atoms with Crippen LogP contribution in [0, 0.1) is 5.82 Å². The van der Waals surface area contributed by atoms with Crippen molar-refractivity contribution in [2.24, 2.45) is 11.6 Å². The van der Waals surface area contributed by atoms with Crippen molar-refractivity contribution in [3.8, 4) is 23.0 Å². The van der Waals surface area contributed by atoms with Gasteiger partial charge in [0.25, 0.3) is 0 Å². The van der Waals surface area contributed by atoms with Gasteiger partial charge in [0.2, 0.25) is 5.91 Å². The van der Waals surface area contributed by atoms with Gasteiger partial charge < -0.3 is 40.7 Å². The number of carbonyl (C=O) groups is 2. The lowest BCUT2D eigenvalue weighted by atomic mass is 10.00. The van der Waals surface area contributed by atoms with Crippen LogP contribution in [0.25, 0.3) is 0 Å². The highest BCUT2D eigenvalue weighted by molar-refractivity contribution is 7.13. The van der Waals surface area contributed by atoms with Gasteiger partial charge in [-0.25, -0.2) is 15.2 Å². The van der Waals surface area contributed by atoms with Crippen LogP contribution in [0.1, 0.15) is 21.5 Å². The number of amides is 1. The number of nitrogens with two attached hydrogens (primary N) is 2. The molecule has 1 amide bonds. The molecule has 1 aromatic heterocycles. The highest BCUT2D eigenvalue weighted by Crippen LogP contribution is 2.36. The first kappa shape index (κ1) is 36.4. The molecule has 0 unspecified atom stereocenters. The monoisotopic (exact) mass is 666 g/mol. The van der Waals surface area contributed by atoms with Crippen molar-refractivity contribution >= 4 is 28.7 Å². The second-order valence-electron chi connectivity index (χ2n) is 9.78. The molecule has 0 spiro atoms. The third-order valence-electron chi connectivity index (χ3n) is 6.35. The topological polar surface area (TPSA) is 174 Å². The summed E-state index contributed by atoms with van der Waals surface area (Å²) in [6.07, 6.45) is 4.23. The number of benzene rings is 3. The number of ether oxygens (including phenoxy) is 3. The molecule has 0 aliphatic carbocycles. The summed E-state index contributed by atoms with van der Waals surface area (Å²) >= 11 is 1.32. The number of likely N-dealkylation sites (N-methyl/N-ethyl adjacent to an activating group) is 1. The number of hydrogen-bond donors (Lipinski definition) is 5.